The number of amides is 2. The lowest BCUT2D eigenvalue weighted by atomic mass is 9.97. The van der Waals surface area contributed by atoms with Gasteiger partial charge in [0.25, 0.3) is 0 Å². The van der Waals surface area contributed by atoms with Crippen LogP contribution in [0.4, 0.5) is 9.18 Å². The van der Waals surface area contributed by atoms with Crippen molar-refractivity contribution in [2.45, 2.75) is 38.1 Å². The molecule has 0 aromatic heterocycles. The van der Waals surface area contributed by atoms with Gasteiger partial charge in [-0.2, -0.15) is 0 Å². The van der Waals surface area contributed by atoms with Crippen LogP contribution in [0.5, 0.6) is 0 Å². The lowest BCUT2D eigenvalue weighted by Gasteiger charge is -2.32. The van der Waals surface area contributed by atoms with Gasteiger partial charge in [0, 0.05) is 13.1 Å². The molecular weight excluding hydrogens is 311 g/mol. The van der Waals surface area contributed by atoms with Crippen molar-refractivity contribution in [2.24, 2.45) is 5.92 Å². The van der Waals surface area contributed by atoms with Crippen LogP contribution in [-0.2, 0) is 15.1 Å². The monoisotopic (exact) mass is 334 g/mol. The summed E-state index contributed by atoms with van der Waals surface area (Å²) in [5.41, 5.74) is 0.585. The molecule has 5 nitrogen and oxygen atoms in total. The quantitative estimate of drug-likeness (QED) is 0.862. The van der Waals surface area contributed by atoms with Gasteiger partial charge in [0.05, 0.1) is 18.1 Å². The summed E-state index contributed by atoms with van der Waals surface area (Å²) < 4.78 is 18.1. The summed E-state index contributed by atoms with van der Waals surface area (Å²) in [6.45, 7) is 3.29. The molecule has 24 heavy (non-hydrogen) atoms. The molecule has 1 aliphatic carbocycles. The van der Waals surface area contributed by atoms with Gasteiger partial charge in [-0.05, 0) is 50.3 Å². The Morgan fingerprint density at radius 2 is 1.88 bits per heavy atom. The molecular formula is C18H23FN2O3. The van der Waals surface area contributed by atoms with Gasteiger partial charge in [0.2, 0.25) is 0 Å². The lowest BCUT2D eigenvalue weighted by molar-refractivity contribution is -0.149. The number of piperidine rings is 1. The number of nitrogens with zero attached hydrogens (tertiary/aromatic N) is 1. The van der Waals surface area contributed by atoms with Crippen LogP contribution < -0.4 is 5.32 Å². The highest BCUT2D eigenvalue weighted by Gasteiger charge is 2.46. The Bertz CT molecular complexity index is 605. The molecule has 1 heterocycles. The zero-order chi connectivity index (χ0) is 17.2. The predicted molar refractivity (Wildman–Crippen MR) is 86.8 cm³/mol. The summed E-state index contributed by atoms with van der Waals surface area (Å²) in [6.07, 6.45) is 3.00. The van der Waals surface area contributed by atoms with Crippen LogP contribution >= 0.6 is 0 Å². The Morgan fingerprint density at radius 3 is 2.42 bits per heavy atom. The number of urea groups is 1. The molecule has 1 aromatic rings. The molecule has 3 rings (SSSR count). The SMILES string of the molecule is CCOC(=O)C1CCN(C(=O)NC2(c3ccc(F)cc3)CC2)CC1. The van der Waals surface area contributed by atoms with E-state index < -0.39 is 0 Å². The minimum absolute atomic E-state index is 0.110. The van der Waals surface area contributed by atoms with E-state index in [2.05, 4.69) is 5.32 Å². The molecule has 2 fully saturated rings. The molecule has 1 saturated carbocycles. The number of carbonyl (C=O) groups is 2. The topological polar surface area (TPSA) is 58.6 Å². The number of esters is 1. The number of ether oxygens (including phenoxy) is 1. The van der Waals surface area contributed by atoms with Gasteiger partial charge in [-0.1, -0.05) is 12.1 Å². The molecule has 0 radical (unpaired) electrons. The largest absolute Gasteiger partial charge is 0.466 e. The van der Waals surface area contributed by atoms with Crippen molar-refractivity contribution in [1.82, 2.24) is 10.2 Å². The Hall–Kier alpha value is -2.11. The fourth-order valence-electron chi connectivity index (χ4n) is 3.24. The van der Waals surface area contributed by atoms with Crippen molar-refractivity contribution in [3.05, 3.63) is 35.6 Å². The highest BCUT2D eigenvalue weighted by Crippen LogP contribution is 2.45. The number of hydrogen-bond acceptors (Lipinski definition) is 3. The Kier molecular flexibility index (Phi) is 4.73. The number of benzene rings is 1. The number of rotatable bonds is 4. The average molecular weight is 334 g/mol. The van der Waals surface area contributed by atoms with Crippen LogP contribution in [0.25, 0.3) is 0 Å². The third-order valence-corrected chi connectivity index (χ3v) is 4.90. The van der Waals surface area contributed by atoms with Gasteiger partial charge in [0.15, 0.2) is 0 Å². The maximum Gasteiger partial charge on any atom is 0.318 e. The molecule has 0 unspecified atom stereocenters. The van der Waals surface area contributed by atoms with E-state index in [-0.39, 0.29) is 29.3 Å². The fourth-order valence-corrected chi connectivity index (χ4v) is 3.24. The Morgan fingerprint density at radius 1 is 1.25 bits per heavy atom. The first-order chi connectivity index (χ1) is 11.5. The van der Waals surface area contributed by atoms with E-state index in [1.807, 2.05) is 0 Å². The van der Waals surface area contributed by atoms with Gasteiger partial charge < -0.3 is 15.0 Å². The van der Waals surface area contributed by atoms with Gasteiger partial charge in [0.1, 0.15) is 5.82 Å². The van der Waals surface area contributed by atoms with Crippen molar-refractivity contribution in [3.8, 4) is 0 Å². The van der Waals surface area contributed by atoms with Gasteiger partial charge in [-0.15, -0.1) is 0 Å². The first-order valence-corrected chi connectivity index (χ1v) is 8.54. The number of halogens is 1. The number of carbonyl (C=O) groups excluding carboxylic acids is 2. The van der Waals surface area contributed by atoms with Crippen molar-refractivity contribution < 1.29 is 18.7 Å². The summed E-state index contributed by atoms with van der Waals surface area (Å²) in [5, 5.41) is 3.09. The summed E-state index contributed by atoms with van der Waals surface area (Å²) in [5.74, 6) is -0.551. The maximum absolute atomic E-state index is 13.1. The third kappa shape index (κ3) is 3.52. The molecule has 0 bridgehead atoms. The van der Waals surface area contributed by atoms with E-state index in [0.29, 0.717) is 32.5 Å². The molecule has 0 spiro atoms. The molecule has 1 aliphatic heterocycles. The lowest BCUT2D eigenvalue weighted by Crippen LogP contribution is -2.48. The molecule has 1 aromatic carbocycles. The van der Waals surface area contributed by atoms with E-state index >= 15 is 0 Å². The van der Waals surface area contributed by atoms with Crippen molar-refractivity contribution in [2.75, 3.05) is 19.7 Å². The maximum atomic E-state index is 13.1. The summed E-state index contributed by atoms with van der Waals surface area (Å²) in [7, 11) is 0. The minimum atomic E-state index is -0.358. The molecule has 2 aliphatic rings. The van der Waals surface area contributed by atoms with Crippen LogP contribution in [0.3, 0.4) is 0 Å². The zero-order valence-electron chi connectivity index (χ0n) is 13.9. The van der Waals surface area contributed by atoms with Crippen molar-refractivity contribution in [1.29, 1.82) is 0 Å². The van der Waals surface area contributed by atoms with Crippen LogP contribution in [-0.4, -0.2) is 36.6 Å². The molecule has 1 N–H and O–H groups in total. The first-order valence-electron chi connectivity index (χ1n) is 8.54. The average Bonchev–Trinajstić information content (AvgIpc) is 3.36. The van der Waals surface area contributed by atoms with Crippen LogP contribution in [0, 0.1) is 11.7 Å². The van der Waals surface area contributed by atoms with E-state index in [4.69, 9.17) is 4.74 Å². The third-order valence-electron chi connectivity index (χ3n) is 4.90. The summed E-state index contributed by atoms with van der Waals surface area (Å²) >= 11 is 0. The highest BCUT2D eigenvalue weighted by atomic mass is 19.1. The molecule has 6 heteroatoms. The highest BCUT2D eigenvalue weighted by molar-refractivity contribution is 5.77. The van der Waals surface area contributed by atoms with Gasteiger partial charge >= 0.3 is 12.0 Å². The van der Waals surface area contributed by atoms with Crippen molar-refractivity contribution >= 4 is 12.0 Å². The second kappa shape index (κ2) is 6.79. The summed E-state index contributed by atoms with van der Waals surface area (Å²) in [6, 6.07) is 6.20. The molecule has 0 atom stereocenters. The molecule has 1 saturated heterocycles. The molecule has 130 valence electrons. The van der Waals surface area contributed by atoms with Gasteiger partial charge in [-0.3, -0.25) is 4.79 Å². The smallest absolute Gasteiger partial charge is 0.318 e. The Balaban J connectivity index is 1.55. The fraction of sp³-hybridized carbons (Fsp3) is 0.556. The molecule has 2 amide bonds. The summed E-state index contributed by atoms with van der Waals surface area (Å²) in [4.78, 5) is 26.0. The second-order valence-electron chi connectivity index (χ2n) is 6.53. The first kappa shape index (κ1) is 16.7. The minimum Gasteiger partial charge on any atom is -0.466 e. The van der Waals surface area contributed by atoms with Crippen molar-refractivity contribution in [3.63, 3.8) is 0 Å². The number of hydrogen-bond donors (Lipinski definition) is 1. The van der Waals surface area contributed by atoms with E-state index in [9.17, 15) is 14.0 Å². The van der Waals surface area contributed by atoms with E-state index in [1.54, 1.807) is 24.0 Å². The predicted octanol–water partition coefficient (Wildman–Crippen LogP) is 2.80. The van der Waals surface area contributed by atoms with Crippen LogP contribution in [0.15, 0.2) is 24.3 Å². The zero-order valence-corrected chi connectivity index (χ0v) is 13.9. The van der Waals surface area contributed by atoms with Crippen LogP contribution in [0.1, 0.15) is 38.2 Å². The normalized spacial score (nSPS) is 19.7. The standard InChI is InChI=1S/C18H23FN2O3/c1-2-24-16(22)13-7-11-21(12-8-13)17(23)20-18(9-10-18)14-3-5-15(19)6-4-14/h3-6,13H,2,7-12H2,1H3,(H,20,23). The second-order valence-corrected chi connectivity index (χ2v) is 6.53. The number of likely N-dealkylation sites (tertiary alicyclic amines) is 1. The van der Waals surface area contributed by atoms with Gasteiger partial charge in [-0.25, -0.2) is 9.18 Å². The van der Waals surface area contributed by atoms with Crippen LogP contribution in [0.2, 0.25) is 0 Å². The van der Waals surface area contributed by atoms with E-state index in [0.717, 1.165) is 18.4 Å². The Labute approximate surface area is 141 Å². The van der Waals surface area contributed by atoms with E-state index in [1.165, 1.54) is 12.1 Å². The number of nitrogens with one attached hydrogen (secondary N) is 1.